The van der Waals surface area contributed by atoms with Gasteiger partial charge in [0.2, 0.25) is 11.9 Å². The standard InChI is InChI=1S/C13H16N6O3/c1-6-7(2)18-9-10(14-12(18)17(5)15-6)19(8(3)20)13(22)16(4)11(9)21/h7H,1-5H3. The quantitative estimate of drug-likeness (QED) is 0.680. The molecular weight excluding hydrogens is 288 g/mol. The maximum absolute atomic E-state index is 12.5. The first-order valence-corrected chi connectivity index (χ1v) is 6.79. The minimum atomic E-state index is -0.701. The molecular formula is C13H16N6O3. The molecule has 0 aliphatic carbocycles. The highest BCUT2D eigenvalue weighted by Gasteiger charge is 2.29. The van der Waals surface area contributed by atoms with Crippen molar-refractivity contribution in [2.24, 2.45) is 12.1 Å². The molecule has 0 fully saturated rings. The number of hydrogen-bond donors (Lipinski definition) is 0. The van der Waals surface area contributed by atoms with Crippen LogP contribution < -0.4 is 16.3 Å². The Kier molecular flexibility index (Phi) is 2.84. The molecule has 1 aliphatic heterocycles. The summed E-state index contributed by atoms with van der Waals surface area (Å²) < 4.78 is 3.54. The van der Waals surface area contributed by atoms with E-state index in [2.05, 4.69) is 10.1 Å². The highest BCUT2D eigenvalue weighted by Crippen LogP contribution is 2.28. The molecule has 9 nitrogen and oxygen atoms in total. The minimum absolute atomic E-state index is 0.0687. The number of aromatic nitrogens is 4. The molecule has 0 bridgehead atoms. The normalized spacial score (nSPS) is 17.6. The first kappa shape index (κ1) is 14.2. The maximum atomic E-state index is 12.5. The lowest BCUT2D eigenvalue weighted by atomic mass is 10.2. The molecule has 1 atom stereocenters. The zero-order chi connectivity index (χ0) is 16.3. The molecule has 0 aromatic carbocycles. The zero-order valence-corrected chi connectivity index (χ0v) is 13.0. The van der Waals surface area contributed by atoms with Crippen LogP contribution in [0.25, 0.3) is 11.2 Å². The van der Waals surface area contributed by atoms with E-state index in [9.17, 15) is 14.4 Å². The number of anilines is 1. The summed E-state index contributed by atoms with van der Waals surface area (Å²) in [7, 11) is 3.05. The van der Waals surface area contributed by atoms with Crippen LogP contribution in [0, 0.1) is 0 Å². The lowest BCUT2D eigenvalue weighted by molar-refractivity contribution is 0.0934. The number of hydrogen-bond acceptors (Lipinski definition) is 6. The average Bonchev–Trinajstić information content (AvgIpc) is 2.83. The fourth-order valence-electron chi connectivity index (χ4n) is 2.68. The van der Waals surface area contributed by atoms with E-state index in [0.717, 1.165) is 14.8 Å². The topological polar surface area (TPSA) is 94.5 Å². The van der Waals surface area contributed by atoms with Gasteiger partial charge >= 0.3 is 5.69 Å². The number of nitrogens with zero attached hydrogens (tertiary/aromatic N) is 6. The lowest BCUT2D eigenvalue weighted by Gasteiger charge is -2.26. The van der Waals surface area contributed by atoms with Gasteiger partial charge in [-0.15, -0.1) is 0 Å². The van der Waals surface area contributed by atoms with Gasteiger partial charge in [0, 0.05) is 21.0 Å². The van der Waals surface area contributed by atoms with Crippen molar-refractivity contribution in [3.05, 3.63) is 20.8 Å². The highest BCUT2D eigenvalue weighted by atomic mass is 16.2. The molecule has 1 unspecified atom stereocenters. The molecule has 0 spiro atoms. The summed E-state index contributed by atoms with van der Waals surface area (Å²) in [6.07, 6.45) is 0. The lowest BCUT2D eigenvalue weighted by Crippen LogP contribution is -2.41. The van der Waals surface area contributed by atoms with Gasteiger partial charge in [0.05, 0.1) is 11.8 Å². The third-order valence-electron chi connectivity index (χ3n) is 3.98. The number of hydrazone groups is 1. The van der Waals surface area contributed by atoms with Gasteiger partial charge in [0.1, 0.15) is 0 Å². The van der Waals surface area contributed by atoms with E-state index in [0.29, 0.717) is 5.95 Å². The summed E-state index contributed by atoms with van der Waals surface area (Å²) in [5.41, 5.74) is -0.0865. The summed E-state index contributed by atoms with van der Waals surface area (Å²) in [5.74, 6) is -0.0696. The van der Waals surface area contributed by atoms with Crippen LogP contribution in [0.3, 0.4) is 0 Å². The van der Waals surface area contributed by atoms with Crippen molar-refractivity contribution in [1.29, 1.82) is 0 Å². The SMILES string of the molecule is CC(=O)n1c(=O)n(C)c(=O)c2c1nc1n2C(C)C(C)=NN1C. The molecule has 3 heterocycles. The van der Waals surface area contributed by atoms with Crippen LogP contribution in [0.4, 0.5) is 5.95 Å². The molecule has 0 radical (unpaired) electrons. The van der Waals surface area contributed by atoms with Crippen LogP contribution >= 0.6 is 0 Å². The monoisotopic (exact) mass is 304 g/mol. The Hall–Kier alpha value is -2.71. The molecule has 9 heteroatoms. The molecule has 0 saturated carbocycles. The Labute approximate surface area is 125 Å². The fraction of sp³-hybridized carbons (Fsp3) is 0.462. The molecule has 3 rings (SSSR count). The number of rotatable bonds is 0. The van der Waals surface area contributed by atoms with E-state index in [4.69, 9.17) is 0 Å². The summed E-state index contributed by atoms with van der Waals surface area (Å²) in [6, 6.07) is -0.193. The van der Waals surface area contributed by atoms with Gasteiger partial charge < -0.3 is 0 Å². The van der Waals surface area contributed by atoms with Crippen LogP contribution in [0.5, 0.6) is 0 Å². The van der Waals surface area contributed by atoms with Gasteiger partial charge in [-0.3, -0.25) is 18.7 Å². The van der Waals surface area contributed by atoms with Crippen molar-refractivity contribution in [2.75, 3.05) is 12.1 Å². The van der Waals surface area contributed by atoms with Crippen molar-refractivity contribution in [2.45, 2.75) is 26.8 Å². The zero-order valence-electron chi connectivity index (χ0n) is 13.0. The Balaban J connectivity index is 2.58. The van der Waals surface area contributed by atoms with Gasteiger partial charge in [-0.05, 0) is 13.8 Å². The van der Waals surface area contributed by atoms with Crippen molar-refractivity contribution in [1.82, 2.24) is 18.7 Å². The predicted octanol–water partition coefficient (Wildman–Crippen LogP) is -0.0565. The first-order chi connectivity index (χ1) is 10.3. The Morgan fingerprint density at radius 2 is 1.86 bits per heavy atom. The number of fused-ring (bicyclic) bond motifs is 3. The predicted molar refractivity (Wildman–Crippen MR) is 81.8 cm³/mol. The third-order valence-corrected chi connectivity index (χ3v) is 3.98. The molecule has 1 aliphatic rings. The summed E-state index contributed by atoms with van der Waals surface area (Å²) in [4.78, 5) is 40.9. The molecule has 0 saturated heterocycles. The molecule has 2 aromatic heterocycles. The van der Waals surface area contributed by atoms with Gasteiger partial charge in [0.15, 0.2) is 11.2 Å². The number of imidazole rings is 1. The highest BCUT2D eigenvalue weighted by molar-refractivity contribution is 5.93. The van der Waals surface area contributed by atoms with Gasteiger partial charge in [-0.2, -0.15) is 10.1 Å². The molecule has 2 aromatic rings. The van der Waals surface area contributed by atoms with Crippen molar-refractivity contribution >= 4 is 28.7 Å². The largest absolute Gasteiger partial charge is 0.339 e. The van der Waals surface area contributed by atoms with E-state index < -0.39 is 17.2 Å². The van der Waals surface area contributed by atoms with Crippen molar-refractivity contribution in [3.63, 3.8) is 0 Å². The van der Waals surface area contributed by atoms with Crippen LogP contribution in [-0.2, 0) is 7.05 Å². The third kappa shape index (κ3) is 1.62. The van der Waals surface area contributed by atoms with E-state index in [1.165, 1.54) is 19.0 Å². The molecule has 116 valence electrons. The number of carbonyl (C=O) groups excluding carboxylic acids is 1. The summed E-state index contributed by atoms with van der Waals surface area (Å²) in [6.45, 7) is 5.00. The smallest absolute Gasteiger partial charge is 0.294 e. The first-order valence-electron chi connectivity index (χ1n) is 6.79. The van der Waals surface area contributed by atoms with Gasteiger partial charge in [-0.1, -0.05) is 0 Å². The molecule has 0 amide bonds. The van der Waals surface area contributed by atoms with Crippen molar-refractivity contribution in [3.8, 4) is 0 Å². The van der Waals surface area contributed by atoms with E-state index in [1.807, 2.05) is 13.8 Å². The van der Waals surface area contributed by atoms with Gasteiger partial charge in [-0.25, -0.2) is 14.4 Å². The summed E-state index contributed by atoms with van der Waals surface area (Å²) in [5, 5.41) is 5.87. The van der Waals surface area contributed by atoms with Crippen LogP contribution in [0.1, 0.15) is 31.6 Å². The van der Waals surface area contributed by atoms with Crippen LogP contribution in [0.15, 0.2) is 14.7 Å². The maximum Gasteiger partial charge on any atom is 0.339 e. The van der Waals surface area contributed by atoms with Crippen LogP contribution in [-0.4, -0.2) is 37.4 Å². The van der Waals surface area contributed by atoms with Crippen molar-refractivity contribution < 1.29 is 4.79 Å². The Morgan fingerprint density at radius 3 is 2.45 bits per heavy atom. The molecule has 22 heavy (non-hydrogen) atoms. The summed E-state index contributed by atoms with van der Waals surface area (Å²) >= 11 is 0. The van der Waals surface area contributed by atoms with E-state index in [1.54, 1.807) is 11.6 Å². The fourth-order valence-corrected chi connectivity index (χ4v) is 2.68. The van der Waals surface area contributed by atoms with E-state index >= 15 is 0 Å². The molecule has 0 N–H and O–H groups in total. The second-order valence-electron chi connectivity index (χ2n) is 5.40. The number of carbonyl (C=O) groups is 1. The van der Waals surface area contributed by atoms with E-state index in [-0.39, 0.29) is 17.2 Å². The average molecular weight is 304 g/mol. The van der Waals surface area contributed by atoms with Gasteiger partial charge in [0.25, 0.3) is 5.56 Å². The minimum Gasteiger partial charge on any atom is -0.294 e. The Bertz CT molecular complexity index is 961. The second kappa shape index (κ2) is 4.39. The Morgan fingerprint density at radius 1 is 1.23 bits per heavy atom. The van der Waals surface area contributed by atoms with Crippen LogP contribution in [0.2, 0.25) is 0 Å². The second-order valence-corrected chi connectivity index (χ2v) is 5.40.